The molecule has 0 spiro atoms. The van der Waals surface area contributed by atoms with Crippen molar-refractivity contribution in [2.45, 2.75) is 45.6 Å². The maximum atomic E-state index is 13.3. The molecule has 1 unspecified atom stereocenters. The van der Waals surface area contributed by atoms with Crippen molar-refractivity contribution in [2.75, 3.05) is 5.32 Å². The zero-order valence-electron chi connectivity index (χ0n) is 11.1. The van der Waals surface area contributed by atoms with Crippen molar-refractivity contribution in [3.05, 3.63) is 29.6 Å². The second-order valence-electron chi connectivity index (χ2n) is 4.63. The van der Waals surface area contributed by atoms with Crippen LogP contribution in [0.4, 0.5) is 10.1 Å². The van der Waals surface area contributed by atoms with Gasteiger partial charge in [-0.05, 0) is 43.5 Å². The first-order valence-electron chi connectivity index (χ1n) is 6.22. The number of rotatable bonds is 6. The normalized spacial score (nSPS) is 14.0. The molecule has 0 saturated carbocycles. The minimum atomic E-state index is -1.02. The molecule has 1 aromatic rings. The Balaban J connectivity index is 3.05. The summed E-state index contributed by atoms with van der Waals surface area (Å²) in [5.74, 6) is -1.25. The van der Waals surface area contributed by atoms with Crippen LogP contribution in [0, 0.1) is 12.7 Å². The number of aliphatic carboxylic acids is 1. The maximum absolute atomic E-state index is 13.3. The number of hydrogen-bond donors (Lipinski definition) is 2. The van der Waals surface area contributed by atoms with Crippen molar-refractivity contribution in [2.24, 2.45) is 0 Å². The lowest BCUT2D eigenvalue weighted by Gasteiger charge is -2.30. The Hall–Kier alpha value is -1.58. The molecule has 0 fully saturated rings. The summed E-state index contributed by atoms with van der Waals surface area (Å²) in [6.45, 7) is 5.54. The Bertz CT molecular complexity index is 414. The topological polar surface area (TPSA) is 49.3 Å². The third-order valence-electron chi connectivity index (χ3n) is 3.12. The van der Waals surface area contributed by atoms with Gasteiger partial charge < -0.3 is 10.4 Å². The van der Waals surface area contributed by atoms with Gasteiger partial charge in [0.25, 0.3) is 0 Å². The van der Waals surface area contributed by atoms with E-state index in [1.807, 2.05) is 13.8 Å². The summed E-state index contributed by atoms with van der Waals surface area (Å²) in [6.07, 6.45) is 1.71. The van der Waals surface area contributed by atoms with E-state index < -0.39 is 11.5 Å². The fraction of sp³-hybridized carbons (Fsp3) is 0.500. The summed E-state index contributed by atoms with van der Waals surface area (Å²) in [7, 11) is 0. The zero-order chi connectivity index (χ0) is 13.8. The van der Waals surface area contributed by atoms with Crippen molar-refractivity contribution in [1.29, 1.82) is 0 Å². The Labute approximate surface area is 107 Å². The van der Waals surface area contributed by atoms with Crippen LogP contribution in [0.2, 0.25) is 0 Å². The monoisotopic (exact) mass is 253 g/mol. The molecule has 4 heteroatoms. The lowest BCUT2D eigenvalue weighted by atomic mass is 9.90. The summed E-state index contributed by atoms with van der Waals surface area (Å²) in [6, 6.07) is 4.50. The van der Waals surface area contributed by atoms with Gasteiger partial charge in [0.1, 0.15) is 11.4 Å². The van der Waals surface area contributed by atoms with Crippen molar-refractivity contribution < 1.29 is 14.3 Å². The van der Waals surface area contributed by atoms with E-state index in [-0.39, 0.29) is 5.82 Å². The van der Waals surface area contributed by atoms with Gasteiger partial charge in [0.15, 0.2) is 0 Å². The molecule has 0 aliphatic carbocycles. The minimum Gasteiger partial charge on any atom is -0.480 e. The molecular weight excluding hydrogens is 233 g/mol. The number of anilines is 1. The smallest absolute Gasteiger partial charge is 0.329 e. The molecule has 0 amide bonds. The van der Waals surface area contributed by atoms with Gasteiger partial charge in [-0.2, -0.15) is 0 Å². The first kappa shape index (κ1) is 14.5. The quantitative estimate of drug-likeness (QED) is 0.814. The Morgan fingerprint density at radius 2 is 2.06 bits per heavy atom. The van der Waals surface area contributed by atoms with Gasteiger partial charge in [0.05, 0.1) is 0 Å². The van der Waals surface area contributed by atoms with Gasteiger partial charge in [0, 0.05) is 5.69 Å². The number of nitrogens with one attached hydrogen (secondary N) is 1. The highest BCUT2D eigenvalue weighted by Crippen LogP contribution is 2.25. The Kier molecular flexibility index (Phi) is 4.70. The van der Waals surface area contributed by atoms with Crippen LogP contribution in [0.5, 0.6) is 0 Å². The minimum absolute atomic E-state index is 0.357. The molecule has 0 aliphatic rings. The van der Waals surface area contributed by atoms with Gasteiger partial charge in [-0.25, -0.2) is 9.18 Å². The highest BCUT2D eigenvalue weighted by atomic mass is 19.1. The van der Waals surface area contributed by atoms with Crippen LogP contribution in [0.3, 0.4) is 0 Å². The van der Waals surface area contributed by atoms with Crippen molar-refractivity contribution in [3.8, 4) is 0 Å². The molecular formula is C14H20FNO2. The maximum Gasteiger partial charge on any atom is 0.329 e. The molecule has 100 valence electrons. The fourth-order valence-electron chi connectivity index (χ4n) is 2.15. The number of carbonyl (C=O) groups is 1. The second kappa shape index (κ2) is 5.85. The van der Waals surface area contributed by atoms with E-state index >= 15 is 0 Å². The predicted molar refractivity (Wildman–Crippen MR) is 70.3 cm³/mol. The average Bonchev–Trinajstić information content (AvgIpc) is 2.26. The van der Waals surface area contributed by atoms with Crippen molar-refractivity contribution in [1.82, 2.24) is 0 Å². The molecule has 0 aliphatic heterocycles. The lowest BCUT2D eigenvalue weighted by Crippen LogP contribution is -2.45. The number of benzene rings is 1. The number of hydrogen-bond acceptors (Lipinski definition) is 2. The number of carboxylic acids is 1. The molecule has 1 atom stereocenters. The molecule has 0 radical (unpaired) electrons. The summed E-state index contributed by atoms with van der Waals surface area (Å²) >= 11 is 0. The van der Waals surface area contributed by atoms with Crippen molar-refractivity contribution >= 4 is 11.7 Å². The molecule has 2 N–H and O–H groups in total. The van der Waals surface area contributed by atoms with Gasteiger partial charge >= 0.3 is 5.97 Å². The molecule has 3 nitrogen and oxygen atoms in total. The molecule has 0 heterocycles. The van der Waals surface area contributed by atoms with E-state index in [1.54, 1.807) is 13.0 Å². The zero-order valence-corrected chi connectivity index (χ0v) is 11.1. The Morgan fingerprint density at radius 1 is 1.39 bits per heavy atom. The first-order valence-corrected chi connectivity index (χ1v) is 6.22. The molecule has 0 saturated heterocycles. The first-order chi connectivity index (χ1) is 8.43. The lowest BCUT2D eigenvalue weighted by molar-refractivity contribution is -0.142. The largest absolute Gasteiger partial charge is 0.480 e. The van der Waals surface area contributed by atoms with Crippen LogP contribution >= 0.6 is 0 Å². The number of halogens is 1. The van der Waals surface area contributed by atoms with Crippen LogP contribution in [0.15, 0.2) is 18.2 Å². The van der Waals surface area contributed by atoms with Gasteiger partial charge in [-0.3, -0.25) is 0 Å². The second-order valence-corrected chi connectivity index (χ2v) is 4.63. The van der Waals surface area contributed by atoms with Crippen LogP contribution in [0.1, 0.15) is 38.7 Å². The molecule has 18 heavy (non-hydrogen) atoms. The van der Waals surface area contributed by atoms with Gasteiger partial charge in [0.2, 0.25) is 0 Å². The SMILES string of the molecule is CCCC(CC)(Nc1cc(C)cc(F)c1)C(=O)O. The van der Waals surface area contributed by atoms with E-state index in [1.165, 1.54) is 12.1 Å². The van der Waals surface area contributed by atoms with Gasteiger partial charge in [-0.1, -0.05) is 20.3 Å². The Morgan fingerprint density at radius 3 is 2.50 bits per heavy atom. The molecule has 1 aromatic carbocycles. The van der Waals surface area contributed by atoms with E-state index in [0.717, 1.165) is 12.0 Å². The highest BCUT2D eigenvalue weighted by molar-refractivity contribution is 5.82. The number of aryl methyl sites for hydroxylation is 1. The van der Waals surface area contributed by atoms with Gasteiger partial charge in [-0.15, -0.1) is 0 Å². The van der Waals surface area contributed by atoms with E-state index in [0.29, 0.717) is 18.5 Å². The third-order valence-corrected chi connectivity index (χ3v) is 3.12. The highest BCUT2D eigenvalue weighted by Gasteiger charge is 2.35. The van der Waals surface area contributed by atoms with Crippen LogP contribution < -0.4 is 5.32 Å². The molecule has 0 bridgehead atoms. The van der Waals surface area contributed by atoms with Crippen molar-refractivity contribution in [3.63, 3.8) is 0 Å². The summed E-state index contributed by atoms with van der Waals surface area (Å²) in [4.78, 5) is 11.5. The predicted octanol–water partition coefficient (Wildman–Crippen LogP) is 3.58. The van der Waals surface area contributed by atoms with Crippen LogP contribution in [-0.4, -0.2) is 16.6 Å². The fourth-order valence-corrected chi connectivity index (χ4v) is 2.15. The molecule has 1 rings (SSSR count). The third kappa shape index (κ3) is 3.22. The van der Waals surface area contributed by atoms with Crippen LogP contribution in [-0.2, 0) is 4.79 Å². The summed E-state index contributed by atoms with van der Waals surface area (Å²) < 4.78 is 13.3. The average molecular weight is 253 g/mol. The summed E-state index contributed by atoms with van der Waals surface area (Å²) in [5, 5.41) is 12.4. The van der Waals surface area contributed by atoms with E-state index in [9.17, 15) is 14.3 Å². The van der Waals surface area contributed by atoms with Crippen LogP contribution in [0.25, 0.3) is 0 Å². The number of carboxylic acid groups (broad SMARTS) is 1. The van der Waals surface area contributed by atoms with E-state index in [4.69, 9.17) is 0 Å². The molecule has 0 aromatic heterocycles. The van der Waals surface area contributed by atoms with E-state index in [2.05, 4.69) is 5.32 Å². The standard InChI is InChI=1S/C14H20FNO2/c1-4-6-14(5-2,13(17)18)16-12-8-10(3)7-11(15)9-12/h7-9,16H,4-6H2,1-3H3,(H,17,18). The summed E-state index contributed by atoms with van der Waals surface area (Å²) in [5.41, 5.74) is 0.268.